The predicted molar refractivity (Wildman–Crippen MR) is 47.2 cm³/mol. The Bertz CT molecular complexity index is 124. The van der Waals surface area contributed by atoms with Gasteiger partial charge in [-0.2, -0.15) is 0 Å². The van der Waals surface area contributed by atoms with E-state index in [0.29, 0.717) is 0 Å². The summed E-state index contributed by atoms with van der Waals surface area (Å²) < 4.78 is 0. The van der Waals surface area contributed by atoms with E-state index in [1.165, 1.54) is 0 Å². The van der Waals surface area contributed by atoms with Gasteiger partial charge in [0.25, 0.3) is 0 Å². The van der Waals surface area contributed by atoms with E-state index in [2.05, 4.69) is 33.4 Å². The fourth-order valence-electron chi connectivity index (χ4n) is 1.16. The highest BCUT2D eigenvalue weighted by molar-refractivity contribution is 7.96. The SMILES string of the molecule is CCC(C(=O)S)C(C)(C)C. The molecule has 0 heterocycles. The summed E-state index contributed by atoms with van der Waals surface area (Å²) in [4.78, 5) is 10.9. The Morgan fingerprint density at radius 2 is 1.90 bits per heavy atom. The molecule has 0 fully saturated rings. The lowest BCUT2D eigenvalue weighted by Gasteiger charge is -2.26. The van der Waals surface area contributed by atoms with Crippen LogP contribution in [0, 0.1) is 11.3 Å². The Labute approximate surface area is 68.6 Å². The average Bonchev–Trinajstić information content (AvgIpc) is 1.60. The zero-order valence-electron chi connectivity index (χ0n) is 7.14. The molecular formula is C8H16OS. The van der Waals surface area contributed by atoms with Crippen molar-refractivity contribution in [3.63, 3.8) is 0 Å². The number of hydrogen-bond acceptors (Lipinski definition) is 1. The minimum Gasteiger partial charge on any atom is -0.287 e. The third-order valence-electron chi connectivity index (χ3n) is 1.75. The maximum Gasteiger partial charge on any atom is 0.189 e. The Morgan fingerprint density at radius 1 is 1.50 bits per heavy atom. The fourth-order valence-corrected chi connectivity index (χ4v) is 1.73. The van der Waals surface area contributed by atoms with Crippen LogP contribution in [0.2, 0.25) is 0 Å². The van der Waals surface area contributed by atoms with Crippen LogP contribution in [0.4, 0.5) is 0 Å². The van der Waals surface area contributed by atoms with E-state index in [1.807, 2.05) is 6.92 Å². The smallest absolute Gasteiger partial charge is 0.189 e. The second kappa shape index (κ2) is 3.42. The van der Waals surface area contributed by atoms with Gasteiger partial charge in [0, 0.05) is 5.92 Å². The number of rotatable bonds is 2. The summed E-state index contributed by atoms with van der Waals surface area (Å²) in [5, 5.41) is 0.00926. The summed E-state index contributed by atoms with van der Waals surface area (Å²) in [5.74, 6) is 0.0934. The van der Waals surface area contributed by atoms with Crippen molar-refractivity contribution in [2.75, 3.05) is 0 Å². The van der Waals surface area contributed by atoms with Gasteiger partial charge in [-0.1, -0.05) is 27.7 Å². The van der Waals surface area contributed by atoms with Gasteiger partial charge in [-0.3, -0.25) is 4.79 Å². The number of thiol groups is 1. The average molecular weight is 160 g/mol. The van der Waals surface area contributed by atoms with Gasteiger partial charge in [-0.15, -0.1) is 12.6 Å². The topological polar surface area (TPSA) is 17.1 Å². The Morgan fingerprint density at radius 3 is 1.90 bits per heavy atom. The largest absolute Gasteiger partial charge is 0.287 e. The molecule has 0 amide bonds. The molecule has 60 valence electrons. The number of carbonyl (C=O) groups excluding carboxylic acids is 1. The minimum absolute atomic E-state index is 0.00926. The lowest BCUT2D eigenvalue weighted by atomic mass is 9.80. The highest BCUT2D eigenvalue weighted by atomic mass is 32.1. The van der Waals surface area contributed by atoms with Gasteiger partial charge in [0.15, 0.2) is 5.12 Å². The molecule has 0 saturated heterocycles. The first-order valence-corrected chi connectivity index (χ1v) is 4.07. The van der Waals surface area contributed by atoms with Crippen LogP contribution in [0.15, 0.2) is 0 Å². The van der Waals surface area contributed by atoms with Crippen molar-refractivity contribution >= 4 is 17.7 Å². The monoisotopic (exact) mass is 160 g/mol. The molecule has 0 rings (SSSR count). The molecule has 2 heteroatoms. The molecule has 0 aliphatic carbocycles. The highest BCUT2D eigenvalue weighted by Gasteiger charge is 2.26. The third kappa shape index (κ3) is 2.74. The zero-order valence-corrected chi connectivity index (χ0v) is 8.03. The van der Waals surface area contributed by atoms with Gasteiger partial charge < -0.3 is 0 Å². The molecule has 0 aliphatic heterocycles. The van der Waals surface area contributed by atoms with Gasteiger partial charge in [-0.25, -0.2) is 0 Å². The predicted octanol–water partition coefficient (Wildman–Crippen LogP) is 2.52. The van der Waals surface area contributed by atoms with Gasteiger partial charge >= 0.3 is 0 Å². The summed E-state index contributed by atoms with van der Waals surface area (Å²) in [6.07, 6.45) is 0.881. The molecule has 1 nitrogen and oxygen atoms in total. The summed E-state index contributed by atoms with van der Waals surface area (Å²) in [6.45, 7) is 8.21. The standard InChI is InChI=1S/C8H16OS/c1-5-6(7(9)10)8(2,3)4/h6H,5H2,1-4H3,(H,9,10). The molecule has 1 unspecified atom stereocenters. The first-order chi connectivity index (χ1) is 4.39. The van der Waals surface area contributed by atoms with E-state index < -0.39 is 0 Å². The van der Waals surface area contributed by atoms with Gasteiger partial charge in [0.05, 0.1) is 0 Å². The van der Waals surface area contributed by atoms with Crippen molar-refractivity contribution in [2.24, 2.45) is 11.3 Å². The van der Waals surface area contributed by atoms with Gasteiger partial charge in [0.2, 0.25) is 0 Å². The summed E-state index contributed by atoms with van der Waals surface area (Å²) in [6, 6.07) is 0. The zero-order chi connectivity index (χ0) is 8.36. The Balaban J connectivity index is 4.22. The van der Waals surface area contributed by atoms with Crippen molar-refractivity contribution in [1.82, 2.24) is 0 Å². The highest BCUT2D eigenvalue weighted by Crippen LogP contribution is 2.29. The van der Waals surface area contributed by atoms with Crippen LogP contribution >= 0.6 is 12.6 Å². The summed E-state index contributed by atoms with van der Waals surface area (Å²) >= 11 is 3.83. The van der Waals surface area contributed by atoms with E-state index >= 15 is 0 Å². The molecule has 1 atom stereocenters. The minimum atomic E-state index is 0.00926. The lowest BCUT2D eigenvalue weighted by molar-refractivity contribution is -0.117. The fraction of sp³-hybridized carbons (Fsp3) is 0.875. The molecular weight excluding hydrogens is 144 g/mol. The van der Waals surface area contributed by atoms with Crippen molar-refractivity contribution < 1.29 is 4.79 Å². The van der Waals surface area contributed by atoms with Crippen molar-refractivity contribution in [1.29, 1.82) is 0 Å². The van der Waals surface area contributed by atoms with Crippen molar-refractivity contribution in [3.05, 3.63) is 0 Å². The maximum atomic E-state index is 10.9. The first kappa shape index (κ1) is 10.0. The van der Waals surface area contributed by atoms with Crippen LogP contribution in [-0.2, 0) is 4.79 Å². The van der Waals surface area contributed by atoms with E-state index in [4.69, 9.17) is 0 Å². The second-order valence-corrected chi connectivity index (χ2v) is 4.11. The van der Waals surface area contributed by atoms with Crippen LogP contribution in [0.1, 0.15) is 34.1 Å². The first-order valence-electron chi connectivity index (χ1n) is 3.62. The number of carbonyl (C=O) groups is 1. The van der Waals surface area contributed by atoms with E-state index in [0.717, 1.165) is 6.42 Å². The van der Waals surface area contributed by atoms with Crippen LogP contribution in [0.25, 0.3) is 0 Å². The summed E-state index contributed by atoms with van der Waals surface area (Å²) in [7, 11) is 0. The van der Waals surface area contributed by atoms with Crippen LogP contribution in [-0.4, -0.2) is 5.12 Å². The normalized spacial score (nSPS) is 14.9. The maximum absolute atomic E-state index is 10.9. The molecule has 10 heavy (non-hydrogen) atoms. The molecule has 0 spiro atoms. The molecule has 0 bridgehead atoms. The van der Waals surface area contributed by atoms with E-state index in [1.54, 1.807) is 0 Å². The van der Waals surface area contributed by atoms with Gasteiger partial charge in [0.1, 0.15) is 0 Å². The Hall–Kier alpha value is 0.0200. The van der Waals surface area contributed by atoms with Crippen LogP contribution < -0.4 is 0 Å². The molecule has 0 aliphatic rings. The second-order valence-electron chi connectivity index (χ2n) is 3.67. The molecule has 0 aromatic rings. The molecule has 0 saturated carbocycles. The molecule has 0 radical (unpaired) electrons. The Kier molecular flexibility index (Phi) is 3.43. The molecule has 0 aromatic carbocycles. The third-order valence-corrected chi connectivity index (χ3v) is 2.06. The van der Waals surface area contributed by atoms with E-state index in [-0.39, 0.29) is 16.4 Å². The van der Waals surface area contributed by atoms with E-state index in [9.17, 15) is 4.79 Å². The van der Waals surface area contributed by atoms with Gasteiger partial charge in [-0.05, 0) is 11.8 Å². The summed E-state index contributed by atoms with van der Waals surface area (Å²) in [5.41, 5.74) is 0.0631. The van der Waals surface area contributed by atoms with Crippen molar-refractivity contribution in [3.8, 4) is 0 Å². The molecule has 0 N–H and O–H groups in total. The van der Waals surface area contributed by atoms with Crippen LogP contribution in [0.3, 0.4) is 0 Å². The quantitative estimate of drug-likeness (QED) is 0.614. The lowest BCUT2D eigenvalue weighted by Crippen LogP contribution is -2.24. The van der Waals surface area contributed by atoms with Crippen molar-refractivity contribution in [2.45, 2.75) is 34.1 Å². The number of hydrogen-bond donors (Lipinski definition) is 1. The van der Waals surface area contributed by atoms with Crippen LogP contribution in [0.5, 0.6) is 0 Å². The molecule has 0 aromatic heterocycles.